The first-order valence-corrected chi connectivity index (χ1v) is 5.73. The van der Waals surface area contributed by atoms with E-state index < -0.39 is 0 Å². The lowest BCUT2D eigenvalue weighted by Gasteiger charge is -2.18. The first-order chi connectivity index (χ1) is 8.08. The molecule has 1 atom stereocenters. The van der Waals surface area contributed by atoms with Crippen LogP contribution in [0.4, 0.5) is 5.69 Å². The number of ketones is 1. The maximum Gasteiger partial charge on any atom is 0.222 e. The summed E-state index contributed by atoms with van der Waals surface area (Å²) in [6, 6.07) is 7.48. The van der Waals surface area contributed by atoms with Gasteiger partial charge >= 0.3 is 0 Å². The van der Waals surface area contributed by atoms with Crippen molar-refractivity contribution in [1.82, 2.24) is 0 Å². The first kappa shape index (κ1) is 11.6. The third kappa shape index (κ3) is 2.46. The molecule has 0 radical (unpaired) electrons. The topological polar surface area (TPSA) is 63.4 Å². The monoisotopic (exact) mass is 232 g/mol. The lowest BCUT2D eigenvalue weighted by molar-refractivity contribution is -0.121. The fraction of sp³-hybridized carbons (Fsp3) is 0.385. The summed E-state index contributed by atoms with van der Waals surface area (Å²) in [5, 5.41) is 0. The standard InChI is InChI=1S/C13H16N2O2/c1-9(16)10-3-2-4-12(7-10)15-6-5-11(8-15)13(14)17/h2-4,7,11H,5-6,8H2,1H3,(H2,14,17). The van der Waals surface area contributed by atoms with E-state index in [9.17, 15) is 9.59 Å². The lowest BCUT2D eigenvalue weighted by atomic mass is 10.1. The zero-order chi connectivity index (χ0) is 12.4. The Morgan fingerprint density at radius 2 is 2.18 bits per heavy atom. The maximum atomic E-state index is 11.3. The molecule has 1 amide bonds. The Labute approximate surface area is 100 Å². The molecule has 1 aliphatic heterocycles. The number of carbonyl (C=O) groups excluding carboxylic acids is 2. The van der Waals surface area contributed by atoms with E-state index in [1.54, 1.807) is 13.0 Å². The molecule has 4 heteroatoms. The summed E-state index contributed by atoms with van der Waals surface area (Å²) in [6.45, 7) is 3.01. The second-order valence-electron chi connectivity index (χ2n) is 4.44. The van der Waals surface area contributed by atoms with Crippen molar-refractivity contribution in [3.63, 3.8) is 0 Å². The van der Waals surface area contributed by atoms with E-state index in [1.165, 1.54) is 0 Å². The number of nitrogens with two attached hydrogens (primary N) is 1. The van der Waals surface area contributed by atoms with Gasteiger partial charge in [-0.15, -0.1) is 0 Å². The van der Waals surface area contributed by atoms with Gasteiger partial charge in [-0.05, 0) is 25.5 Å². The number of nitrogens with zero attached hydrogens (tertiary/aromatic N) is 1. The third-order valence-corrected chi connectivity index (χ3v) is 3.21. The van der Waals surface area contributed by atoms with Gasteiger partial charge in [-0.1, -0.05) is 12.1 Å². The molecule has 0 bridgehead atoms. The largest absolute Gasteiger partial charge is 0.371 e. The average Bonchev–Trinajstić information content (AvgIpc) is 2.78. The molecule has 1 aromatic carbocycles. The normalized spacial score (nSPS) is 19.4. The fourth-order valence-electron chi connectivity index (χ4n) is 2.15. The van der Waals surface area contributed by atoms with E-state index in [0.717, 1.165) is 18.7 Å². The number of hydrogen-bond donors (Lipinski definition) is 1. The number of rotatable bonds is 3. The van der Waals surface area contributed by atoms with Crippen LogP contribution in [0.1, 0.15) is 23.7 Å². The number of anilines is 1. The van der Waals surface area contributed by atoms with E-state index in [2.05, 4.69) is 4.90 Å². The van der Waals surface area contributed by atoms with Crippen LogP contribution >= 0.6 is 0 Å². The summed E-state index contributed by atoms with van der Waals surface area (Å²) in [5.74, 6) is -0.260. The first-order valence-electron chi connectivity index (χ1n) is 5.73. The molecule has 1 fully saturated rings. The van der Waals surface area contributed by atoms with E-state index in [0.29, 0.717) is 12.1 Å². The van der Waals surface area contributed by atoms with Crippen LogP contribution in [0.5, 0.6) is 0 Å². The van der Waals surface area contributed by atoms with E-state index in [1.807, 2.05) is 18.2 Å². The number of Topliss-reactive ketones (excluding diaryl/α,β-unsaturated/α-hetero) is 1. The van der Waals surface area contributed by atoms with Gasteiger partial charge in [0.05, 0.1) is 5.92 Å². The number of carbonyl (C=O) groups is 2. The summed E-state index contributed by atoms with van der Waals surface area (Å²) in [4.78, 5) is 24.5. The van der Waals surface area contributed by atoms with Crippen LogP contribution in [0.3, 0.4) is 0 Å². The molecule has 1 unspecified atom stereocenters. The zero-order valence-corrected chi connectivity index (χ0v) is 9.85. The number of primary amides is 1. The van der Waals surface area contributed by atoms with Crippen molar-refractivity contribution in [1.29, 1.82) is 0 Å². The third-order valence-electron chi connectivity index (χ3n) is 3.21. The molecule has 1 aliphatic rings. The molecule has 0 spiro atoms. The molecule has 0 aliphatic carbocycles. The van der Waals surface area contributed by atoms with Gasteiger partial charge in [0.2, 0.25) is 5.91 Å². The smallest absolute Gasteiger partial charge is 0.222 e. The Balaban J connectivity index is 2.16. The van der Waals surface area contributed by atoms with Crippen LogP contribution in [-0.4, -0.2) is 24.8 Å². The predicted octanol–water partition coefficient (Wildman–Crippen LogP) is 1.20. The van der Waals surface area contributed by atoms with Crippen LogP contribution in [0.25, 0.3) is 0 Å². The molecule has 1 heterocycles. The summed E-state index contributed by atoms with van der Waals surface area (Å²) >= 11 is 0. The highest BCUT2D eigenvalue weighted by Gasteiger charge is 2.26. The SMILES string of the molecule is CC(=O)c1cccc(N2CCC(C(N)=O)C2)c1. The minimum absolute atomic E-state index is 0.0532. The molecule has 1 aromatic rings. The van der Waals surface area contributed by atoms with Crippen molar-refractivity contribution in [2.75, 3.05) is 18.0 Å². The van der Waals surface area contributed by atoms with Crippen LogP contribution in [0.2, 0.25) is 0 Å². The molecule has 90 valence electrons. The van der Waals surface area contributed by atoms with Gasteiger partial charge in [0.1, 0.15) is 0 Å². The Morgan fingerprint density at radius 3 is 2.76 bits per heavy atom. The van der Waals surface area contributed by atoms with Gasteiger partial charge in [-0.25, -0.2) is 0 Å². The van der Waals surface area contributed by atoms with E-state index >= 15 is 0 Å². The molecular weight excluding hydrogens is 216 g/mol. The minimum atomic E-state index is -0.241. The molecule has 0 saturated carbocycles. The molecule has 17 heavy (non-hydrogen) atoms. The van der Waals surface area contributed by atoms with E-state index in [4.69, 9.17) is 5.73 Å². The second-order valence-corrected chi connectivity index (χ2v) is 4.44. The maximum absolute atomic E-state index is 11.3. The highest BCUT2D eigenvalue weighted by atomic mass is 16.1. The second kappa shape index (κ2) is 4.57. The van der Waals surface area contributed by atoms with Crippen LogP contribution in [0, 0.1) is 5.92 Å². The van der Waals surface area contributed by atoms with Crippen molar-refractivity contribution in [3.8, 4) is 0 Å². The van der Waals surface area contributed by atoms with Crippen molar-refractivity contribution in [2.45, 2.75) is 13.3 Å². The zero-order valence-electron chi connectivity index (χ0n) is 9.85. The van der Waals surface area contributed by atoms with Crippen LogP contribution < -0.4 is 10.6 Å². The van der Waals surface area contributed by atoms with Gasteiger partial charge in [0.25, 0.3) is 0 Å². The van der Waals surface area contributed by atoms with Crippen molar-refractivity contribution in [2.24, 2.45) is 11.7 Å². The van der Waals surface area contributed by atoms with Gasteiger partial charge in [0, 0.05) is 24.3 Å². The van der Waals surface area contributed by atoms with Gasteiger partial charge in [0.15, 0.2) is 5.78 Å². The summed E-state index contributed by atoms with van der Waals surface area (Å²) < 4.78 is 0. The highest BCUT2D eigenvalue weighted by Crippen LogP contribution is 2.24. The van der Waals surface area contributed by atoms with Crippen LogP contribution in [0.15, 0.2) is 24.3 Å². The Bertz CT molecular complexity index is 456. The van der Waals surface area contributed by atoms with E-state index in [-0.39, 0.29) is 17.6 Å². The molecule has 2 rings (SSSR count). The summed E-state index contributed by atoms with van der Waals surface area (Å²) in [5.41, 5.74) is 6.98. The van der Waals surface area contributed by atoms with Crippen molar-refractivity contribution < 1.29 is 9.59 Å². The van der Waals surface area contributed by atoms with Crippen LogP contribution in [-0.2, 0) is 4.79 Å². The number of amides is 1. The Hall–Kier alpha value is -1.84. The molecule has 1 saturated heterocycles. The predicted molar refractivity (Wildman–Crippen MR) is 66.0 cm³/mol. The summed E-state index contributed by atoms with van der Waals surface area (Å²) in [6.07, 6.45) is 0.791. The van der Waals surface area contributed by atoms with Crippen molar-refractivity contribution in [3.05, 3.63) is 29.8 Å². The lowest BCUT2D eigenvalue weighted by Crippen LogP contribution is -2.27. The molecule has 2 N–H and O–H groups in total. The number of hydrogen-bond acceptors (Lipinski definition) is 3. The number of benzene rings is 1. The Kier molecular flexibility index (Phi) is 3.13. The molecule has 4 nitrogen and oxygen atoms in total. The van der Waals surface area contributed by atoms with Gasteiger partial charge in [-0.2, -0.15) is 0 Å². The molecule has 0 aromatic heterocycles. The van der Waals surface area contributed by atoms with Crippen molar-refractivity contribution >= 4 is 17.4 Å². The minimum Gasteiger partial charge on any atom is -0.371 e. The average molecular weight is 232 g/mol. The molecular formula is C13H16N2O2. The van der Waals surface area contributed by atoms with Gasteiger partial charge < -0.3 is 10.6 Å². The quantitative estimate of drug-likeness (QED) is 0.796. The summed E-state index contributed by atoms with van der Waals surface area (Å²) in [7, 11) is 0. The Morgan fingerprint density at radius 1 is 1.41 bits per heavy atom. The van der Waals surface area contributed by atoms with Gasteiger partial charge in [-0.3, -0.25) is 9.59 Å². The highest BCUT2D eigenvalue weighted by molar-refractivity contribution is 5.95. The fourth-order valence-corrected chi connectivity index (χ4v) is 2.15.